The lowest BCUT2D eigenvalue weighted by Crippen LogP contribution is -2.42. The third kappa shape index (κ3) is 4.21. The predicted molar refractivity (Wildman–Crippen MR) is 87.1 cm³/mol. The lowest BCUT2D eigenvalue weighted by molar-refractivity contribution is 0.209. The van der Waals surface area contributed by atoms with Crippen molar-refractivity contribution >= 4 is 0 Å². The summed E-state index contributed by atoms with van der Waals surface area (Å²) in [4.78, 5) is 2.61. The van der Waals surface area contributed by atoms with Crippen molar-refractivity contribution in [3.05, 3.63) is 29.3 Å². The van der Waals surface area contributed by atoms with E-state index in [9.17, 15) is 0 Å². The van der Waals surface area contributed by atoms with Gasteiger partial charge in [0.2, 0.25) is 0 Å². The summed E-state index contributed by atoms with van der Waals surface area (Å²) < 4.78 is 5.56. The first-order valence-electron chi connectivity index (χ1n) is 8.51. The molecule has 3 nitrogen and oxygen atoms in total. The van der Waals surface area contributed by atoms with Gasteiger partial charge in [-0.3, -0.25) is 0 Å². The number of fused-ring (bicyclic) bond motifs is 1. The first-order chi connectivity index (χ1) is 10.3. The first kappa shape index (κ1) is 14.9. The number of hydrogen-bond acceptors (Lipinski definition) is 3. The molecule has 21 heavy (non-hydrogen) atoms. The zero-order chi connectivity index (χ0) is 14.5. The summed E-state index contributed by atoms with van der Waals surface area (Å²) in [5, 5.41) is 3.67. The maximum absolute atomic E-state index is 5.56. The van der Waals surface area contributed by atoms with E-state index >= 15 is 0 Å². The summed E-state index contributed by atoms with van der Waals surface area (Å²) >= 11 is 0. The smallest absolute Gasteiger partial charge is 0.122 e. The van der Waals surface area contributed by atoms with E-state index in [0.717, 1.165) is 31.7 Å². The van der Waals surface area contributed by atoms with Gasteiger partial charge in [0.25, 0.3) is 0 Å². The summed E-state index contributed by atoms with van der Waals surface area (Å²) in [6.45, 7) is 8.00. The van der Waals surface area contributed by atoms with Gasteiger partial charge in [-0.05, 0) is 63.0 Å². The molecule has 1 fully saturated rings. The molecule has 0 aromatic heterocycles. The minimum absolute atomic E-state index is 0.584. The van der Waals surface area contributed by atoms with Crippen LogP contribution in [0.15, 0.2) is 18.2 Å². The number of ether oxygens (including phenoxy) is 1. The average molecular weight is 288 g/mol. The summed E-state index contributed by atoms with van der Waals surface area (Å²) in [7, 11) is 0. The molecule has 0 aliphatic carbocycles. The molecular weight excluding hydrogens is 260 g/mol. The predicted octanol–water partition coefficient (Wildman–Crippen LogP) is 2.63. The van der Waals surface area contributed by atoms with Crippen LogP contribution in [0.4, 0.5) is 0 Å². The van der Waals surface area contributed by atoms with Gasteiger partial charge in [-0.1, -0.05) is 18.6 Å². The van der Waals surface area contributed by atoms with Crippen molar-refractivity contribution in [3.63, 3.8) is 0 Å². The molecule has 2 aliphatic heterocycles. The van der Waals surface area contributed by atoms with Crippen LogP contribution in [0.2, 0.25) is 0 Å². The Morgan fingerprint density at radius 1 is 1.24 bits per heavy atom. The molecule has 0 spiro atoms. The molecule has 3 rings (SSSR count). The van der Waals surface area contributed by atoms with Gasteiger partial charge in [-0.15, -0.1) is 0 Å². The Kier molecular flexibility index (Phi) is 5.15. The summed E-state index contributed by atoms with van der Waals surface area (Å²) in [5.41, 5.74) is 2.81. The summed E-state index contributed by atoms with van der Waals surface area (Å²) in [6, 6.07) is 7.25. The Hall–Kier alpha value is -1.06. The van der Waals surface area contributed by atoms with Crippen LogP contribution in [-0.2, 0) is 12.8 Å². The van der Waals surface area contributed by atoms with Crippen LogP contribution in [0.25, 0.3) is 0 Å². The van der Waals surface area contributed by atoms with Crippen molar-refractivity contribution in [2.45, 2.75) is 45.1 Å². The molecule has 0 amide bonds. The van der Waals surface area contributed by atoms with Gasteiger partial charge in [0.05, 0.1) is 6.61 Å². The van der Waals surface area contributed by atoms with Gasteiger partial charge in [0.15, 0.2) is 0 Å². The van der Waals surface area contributed by atoms with Crippen molar-refractivity contribution in [1.29, 1.82) is 0 Å². The monoisotopic (exact) mass is 288 g/mol. The number of hydrogen-bond donors (Lipinski definition) is 1. The fourth-order valence-corrected chi connectivity index (χ4v) is 3.45. The molecule has 116 valence electrons. The van der Waals surface area contributed by atoms with E-state index in [1.165, 1.54) is 50.0 Å². The Bertz CT molecular complexity index is 455. The maximum Gasteiger partial charge on any atom is 0.122 e. The van der Waals surface area contributed by atoms with Crippen molar-refractivity contribution in [2.75, 3.05) is 32.8 Å². The molecule has 0 saturated carbocycles. The van der Waals surface area contributed by atoms with Gasteiger partial charge < -0.3 is 15.0 Å². The first-order valence-corrected chi connectivity index (χ1v) is 8.51. The molecule has 1 aromatic carbocycles. The van der Waals surface area contributed by atoms with Gasteiger partial charge >= 0.3 is 0 Å². The quantitative estimate of drug-likeness (QED) is 0.871. The molecule has 1 atom stereocenters. The van der Waals surface area contributed by atoms with Gasteiger partial charge in [0, 0.05) is 19.0 Å². The second kappa shape index (κ2) is 7.28. The van der Waals surface area contributed by atoms with E-state index in [2.05, 4.69) is 35.3 Å². The van der Waals surface area contributed by atoms with Crippen LogP contribution < -0.4 is 10.1 Å². The highest BCUT2D eigenvalue weighted by Crippen LogP contribution is 2.25. The van der Waals surface area contributed by atoms with Crippen molar-refractivity contribution in [2.24, 2.45) is 0 Å². The van der Waals surface area contributed by atoms with Gasteiger partial charge in [-0.2, -0.15) is 0 Å². The normalized spacial score (nSPS) is 20.0. The lowest BCUT2D eigenvalue weighted by atomic mass is 10.1. The molecule has 2 heterocycles. The minimum atomic E-state index is 0.584. The van der Waals surface area contributed by atoms with Crippen molar-refractivity contribution < 1.29 is 4.74 Å². The van der Waals surface area contributed by atoms with Crippen LogP contribution in [0.3, 0.4) is 0 Å². The average Bonchev–Trinajstić information content (AvgIpc) is 2.96. The Balaban J connectivity index is 1.39. The third-order valence-electron chi connectivity index (χ3n) is 4.64. The Labute approximate surface area is 128 Å². The maximum atomic E-state index is 5.56. The molecule has 1 aromatic rings. The van der Waals surface area contributed by atoms with E-state index in [4.69, 9.17) is 4.74 Å². The molecule has 2 aliphatic rings. The molecular formula is C18H28N2O. The zero-order valence-electron chi connectivity index (χ0n) is 13.2. The zero-order valence-corrected chi connectivity index (χ0v) is 13.2. The topological polar surface area (TPSA) is 24.5 Å². The largest absolute Gasteiger partial charge is 0.493 e. The summed E-state index contributed by atoms with van der Waals surface area (Å²) in [5.74, 6) is 1.09. The highest BCUT2D eigenvalue weighted by molar-refractivity contribution is 5.39. The highest BCUT2D eigenvalue weighted by Gasteiger charge is 2.14. The number of piperidine rings is 1. The van der Waals surface area contributed by atoms with Gasteiger partial charge in [0.1, 0.15) is 5.75 Å². The van der Waals surface area contributed by atoms with Crippen LogP contribution in [0.5, 0.6) is 5.75 Å². The number of likely N-dealkylation sites (tertiary alicyclic amines) is 1. The van der Waals surface area contributed by atoms with Crippen molar-refractivity contribution in [3.8, 4) is 5.75 Å². The van der Waals surface area contributed by atoms with Crippen molar-refractivity contribution in [1.82, 2.24) is 10.2 Å². The number of nitrogens with one attached hydrogen (secondary N) is 1. The third-order valence-corrected chi connectivity index (χ3v) is 4.64. The van der Waals surface area contributed by atoms with Crippen LogP contribution in [0, 0.1) is 0 Å². The van der Waals surface area contributed by atoms with E-state index in [-0.39, 0.29) is 0 Å². The van der Waals surface area contributed by atoms with Crippen LogP contribution in [0.1, 0.15) is 37.3 Å². The number of benzene rings is 1. The lowest BCUT2D eigenvalue weighted by Gasteiger charge is -2.29. The van der Waals surface area contributed by atoms with Crippen LogP contribution in [-0.4, -0.2) is 43.7 Å². The summed E-state index contributed by atoms with van der Waals surface area (Å²) in [6.07, 6.45) is 6.35. The standard InChI is InChI=1S/C18H28N2O/c1-15(14-20-10-3-2-4-11-20)19-9-7-16-5-6-18-17(13-16)8-12-21-18/h5-6,13,15,19H,2-4,7-12,14H2,1H3. The Morgan fingerprint density at radius 2 is 2.10 bits per heavy atom. The number of nitrogens with zero attached hydrogens (tertiary/aromatic N) is 1. The second-order valence-electron chi connectivity index (χ2n) is 6.51. The molecule has 1 unspecified atom stereocenters. The fourth-order valence-electron chi connectivity index (χ4n) is 3.45. The van der Waals surface area contributed by atoms with E-state index in [0.29, 0.717) is 6.04 Å². The molecule has 0 bridgehead atoms. The SMILES string of the molecule is CC(CN1CCCCC1)NCCc1ccc2c(c1)CCO2. The number of rotatable bonds is 6. The highest BCUT2D eigenvalue weighted by atomic mass is 16.5. The molecule has 1 saturated heterocycles. The molecule has 0 radical (unpaired) electrons. The van der Waals surface area contributed by atoms with E-state index < -0.39 is 0 Å². The van der Waals surface area contributed by atoms with Crippen LogP contribution >= 0.6 is 0 Å². The molecule has 3 heteroatoms. The fraction of sp³-hybridized carbons (Fsp3) is 0.667. The second-order valence-corrected chi connectivity index (χ2v) is 6.51. The minimum Gasteiger partial charge on any atom is -0.493 e. The van der Waals surface area contributed by atoms with E-state index in [1.54, 1.807) is 0 Å². The van der Waals surface area contributed by atoms with Gasteiger partial charge in [-0.25, -0.2) is 0 Å². The molecule has 1 N–H and O–H groups in total. The van der Waals surface area contributed by atoms with E-state index in [1.807, 2.05) is 0 Å². The Morgan fingerprint density at radius 3 is 2.95 bits per heavy atom.